The summed E-state index contributed by atoms with van der Waals surface area (Å²) in [6, 6.07) is 0.0292. The highest BCUT2D eigenvalue weighted by Crippen LogP contribution is 2.28. The summed E-state index contributed by atoms with van der Waals surface area (Å²) in [5.74, 6) is 5.88. The highest BCUT2D eigenvalue weighted by atomic mass is 16.3. The van der Waals surface area contributed by atoms with E-state index < -0.39 is 6.23 Å². The zero-order chi connectivity index (χ0) is 20.3. The van der Waals surface area contributed by atoms with E-state index in [2.05, 4.69) is 30.2 Å². The Balaban J connectivity index is 1.82. The van der Waals surface area contributed by atoms with Crippen molar-refractivity contribution >= 4 is 5.91 Å². The van der Waals surface area contributed by atoms with E-state index in [9.17, 15) is 9.90 Å². The first-order valence-electron chi connectivity index (χ1n) is 10.1. The highest BCUT2D eigenvalue weighted by molar-refractivity contribution is 5.98. The van der Waals surface area contributed by atoms with E-state index in [4.69, 9.17) is 5.84 Å². The van der Waals surface area contributed by atoms with Gasteiger partial charge in [-0.1, -0.05) is 30.9 Å². The molecule has 0 aromatic rings. The second-order valence-corrected chi connectivity index (χ2v) is 7.88. The molecule has 3 aliphatic rings. The summed E-state index contributed by atoms with van der Waals surface area (Å²) in [6.45, 7) is 7.67. The first-order valence-corrected chi connectivity index (χ1v) is 10.1. The molecule has 3 rings (SSSR count). The predicted molar refractivity (Wildman–Crippen MR) is 111 cm³/mol. The maximum atomic E-state index is 13.1. The summed E-state index contributed by atoms with van der Waals surface area (Å²) in [6.07, 6.45) is 15.3. The van der Waals surface area contributed by atoms with Gasteiger partial charge in [0.15, 0.2) is 6.23 Å². The summed E-state index contributed by atoms with van der Waals surface area (Å²) < 4.78 is 0. The van der Waals surface area contributed by atoms with Gasteiger partial charge in [0.25, 0.3) is 5.91 Å². The molecule has 0 aromatic carbocycles. The quantitative estimate of drug-likeness (QED) is 0.170. The van der Waals surface area contributed by atoms with Gasteiger partial charge < -0.3 is 10.5 Å². The minimum atomic E-state index is -0.823. The predicted octanol–water partition coefficient (Wildman–Crippen LogP) is 2.82. The second-order valence-electron chi connectivity index (χ2n) is 7.88. The molecule has 4 N–H and O–H groups in total. The van der Waals surface area contributed by atoms with Crippen molar-refractivity contribution in [1.82, 2.24) is 15.4 Å². The number of nitrogens with zero attached hydrogens (tertiary/aromatic N) is 2. The Morgan fingerprint density at radius 1 is 1.32 bits per heavy atom. The number of nitrogens with one attached hydrogen (secondary N) is 1. The lowest BCUT2D eigenvalue weighted by Crippen LogP contribution is -2.47. The molecule has 6 heteroatoms. The molecule has 1 heterocycles. The number of carbonyl (C=O) groups is 1. The lowest BCUT2D eigenvalue weighted by molar-refractivity contribution is -0.128. The fourth-order valence-electron chi connectivity index (χ4n) is 3.97. The van der Waals surface area contributed by atoms with E-state index in [1.165, 1.54) is 5.01 Å². The molecule has 0 saturated heterocycles. The third-order valence-electron chi connectivity index (χ3n) is 5.67. The average molecular weight is 385 g/mol. The average Bonchev–Trinajstić information content (AvgIpc) is 2.99. The van der Waals surface area contributed by atoms with Gasteiger partial charge in [0.1, 0.15) is 0 Å². The largest absolute Gasteiger partial charge is 0.372 e. The number of hydrogen-bond donors (Lipinski definition) is 3. The molecule has 0 spiro atoms. The van der Waals surface area contributed by atoms with Crippen LogP contribution in [0.25, 0.3) is 0 Å². The maximum absolute atomic E-state index is 13.1. The van der Waals surface area contributed by atoms with Crippen LogP contribution in [-0.4, -0.2) is 39.3 Å². The van der Waals surface area contributed by atoms with E-state index in [0.29, 0.717) is 16.7 Å². The lowest BCUT2D eigenvalue weighted by Gasteiger charge is -2.31. The van der Waals surface area contributed by atoms with Crippen LogP contribution in [0.5, 0.6) is 0 Å². The van der Waals surface area contributed by atoms with Crippen molar-refractivity contribution in [3.63, 3.8) is 0 Å². The number of allylic oxidation sites excluding steroid dienone is 3. The van der Waals surface area contributed by atoms with Crippen LogP contribution in [0.3, 0.4) is 0 Å². The van der Waals surface area contributed by atoms with E-state index in [1.807, 2.05) is 18.0 Å². The molecule has 1 amide bonds. The van der Waals surface area contributed by atoms with Crippen molar-refractivity contribution in [3.05, 3.63) is 59.4 Å². The standard InChI is InChI=1S/C22H32N4O2/c1-15(2)19(21(27)25(23)17-10-6-4-7-11-17)14-20-16(3)24-26(22(20)28)18-12-8-5-9-13-18/h6,8,10,12,14,17-18,22,24,28H,1,4-5,7,9,11,13,23H2,2-3H3. The van der Waals surface area contributed by atoms with Crippen molar-refractivity contribution in [2.75, 3.05) is 0 Å². The third-order valence-corrected chi connectivity index (χ3v) is 5.67. The number of aliphatic hydroxyl groups excluding tert-OH is 1. The highest BCUT2D eigenvalue weighted by Gasteiger charge is 2.34. The number of amides is 1. The second kappa shape index (κ2) is 8.90. The van der Waals surface area contributed by atoms with Crippen LogP contribution < -0.4 is 11.3 Å². The molecule has 1 aliphatic heterocycles. The van der Waals surface area contributed by atoms with Gasteiger partial charge in [-0.05, 0) is 64.0 Å². The lowest BCUT2D eigenvalue weighted by atomic mass is 9.99. The monoisotopic (exact) mass is 384 g/mol. The van der Waals surface area contributed by atoms with Crippen LogP contribution in [0, 0.1) is 0 Å². The van der Waals surface area contributed by atoms with Gasteiger partial charge in [-0.25, -0.2) is 5.84 Å². The van der Waals surface area contributed by atoms with E-state index in [1.54, 1.807) is 13.0 Å². The number of hydrogen-bond acceptors (Lipinski definition) is 5. The Kier molecular flexibility index (Phi) is 6.54. The van der Waals surface area contributed by atoms with Gasteiger partial charge in [-0.15, -0.1) is 0 Å². The molecule has 0 radical (unpaired) electrons. The van der Waals surface area contributed by atoms with Crippen molar-refractivity contribution in [3.8, 4) is 0 Å². The molecule has 2 aliphatic carbocycles. The fourth-order valence-corrected chi connectivity index (χ4v) is 3.97. The number of carbonyl (C=O) groups excluding carboxylic acids is 1. The zero-order valence-electron chi connectivity index (χ0n) is 16.9. The van der Waals surface area contributed by atoms with Crippen molar-refractivity contribution in [2.45, 2.75) is 70.7 Å². The minimum Gasteiger partial charge on any atom is -0.372 e. The molecule has 3 unspecified atom stereocenters. The summed E-state index contributed by atoms with van der Waals surface area (Å²) >= 11 is 0. The van der Waals surface area contributed by atoms with Crippen molar-refractivity contribution in [2.24, 2.45) is 5.84 Å². The maximum Gasteiger partial charge on any atom is 0.268 e. The van der Waals surface area contributed by atoms with Crippen LogP contribution in [0.4, 0.5) is 0 Å². The number of nitrogens with two attached hydrogens (primary N) is 1. The van der Waals surface area contributed by atoms with Crippen LogP contribution in [-0.2, 0) is 4.79 Å². The van der Waals surface area contributed by atoms with E-state index in [-0.39, 0.29) is 18.0 Å². The summed E-state index contributed by atoms with van der Waals surface area (Å²) in [5.41, 5.74) is 5.84. The number of rotatable bonds is 5. The van der Waals surface area contributed by atoms with E-state index in [0.717, 1.165) is 44.2 Å². The molecule has 3 atom stereocenters. The molecule has 0 bridgehead atoms. The van der Waals surface area contributed by atoms with E-state index >= 15 is 0 Å². The molecule has 152 valence electrons. The summed E-state index contributed by atoms with van der Waals surface area (Å²) in [4.78, 5) is 13.1. The Morgan fingerprint density at radius 3 is 2.57 bits per heavy atom. The van der Waals surface area contributed by atoms with Gasteiger partial charge >= 0.3 is 0 Å². The van der Waals surface area contributed by atoms with Crippen molar-refractivity contribution in [1.29, 1.82) is 0 Å². The third kappa shape index (κ3) is 4.29. The molecule has 0 aromatic heterocycles. The fraction of sp³-hybridized carbons (Fsp3) is 0.500. The number of aliphatic hydroxyl groups is 1. The summed E-state index contributed by atoms with van der Waals surface area (Å²) in [5, 5.41) is 14.0. The van der Waals surface area contributed by atoms with Gasteiger partial charge in [0, 0.05) is 16.8 Å². The first kappa shape index (κ1) is 20.6. The van der Waals surface area contributed by atoms with Gasteiger partial charge in [-0.2, -0.15) is 5.01 Å². The zero-order valence-corrected chi connectivity index (χ0v) is 16.9. The Morgan fingerprint density at radius 2 is 2.00 bits per heavy atom. The molecule has 0 fully saturated rings. The topological polar surface area (TPSA) is 81.8 Å². The molecule has 6 nitrogen and oxygen atoms in total. The van der Waals surface area contributed by atoms with Crippen LogP contribution in [0.2, 0.25) is 0 Å². The normalized spacial score (nSPS) is 28.4. The molecule has 28 heavy (non-hydrogen) atoms. The smallest absolute Gasteiger partial charge is 0.268 e. The first-order chi connectivity index (χ1) is 13.4. The minimum absolute atomic E-state index is 0.102. The van der Waals surface area contributed by atoms with Crippen LogP contribution >= 0.6 is 0 Å². The Hall–Kier alpha value is -2.15. The Labute approximate surface area is 167 Å². The number of hydrazine groups is 2. The molecule has 0 saturated carbocycles. The van der Waals surface area contributed by atoms with Gasteiger partial charge in [-0.3, -0.25) is 9.80 Å². The summed E-state index contributed by atoms with van der Waals surface area (Å²) in [7, 11) is 0. The van der Waals surface area contributed by atoms with Crippen LogP contribution in [0.1, 0.15) is 52.4 Å². The van der Waals surface area contributed by atoms with Gasteiger partial charge in [0.2, 0.25) is 0 Å². The van der Waals surface area contributed by atoms with Gasteiger partial charge in [0.05, 0.1) is 12.1 Å². The SMILES string of the molecule is C=C(C)C(=CC1=C(C)NN(C2C=CCCC2)C1O)C(=O)N(N)C1C=CCCC1. The molecular weight excluding hydrogens is 352 g/mol. The van der Waals surface area contributed by atoms with Crippen LogP contribution in [0.15, 0.2) is 59.4 Å². The van der Waals surface area contributed by atoms with Crippen molar-refractivity contribution < 1.29 is 9.90 Å². The Bertz CT molecular complexity index is 750. The molecular formula is C22H32N4O2.